The highest BCUT2D eigenvalue weighted by Gasteiger charge is 2.20. The van der Waals surface area contributed by atoms with E-state index in [1.54, 1.807) is 25.4 Å². The van der Waals surface area contributed by atoms with E-state index in [0.717, 1.165) is 0 Å². The van der Waals surface area contributed by atoms with Crippen LogP contribution < -0.4 is 11.1 Å². The molecule has 0 saturated carbocycles. The summed E-state index contributed by atoms with van der Waals surface area (Å²) in [6, 6.07) is 1.58. The van der Waals surface area contributed by atoms with Crippen LogP contribution in [0.3, 0.4) is 0 Å². The Morgan fingerprint density at radius 3 is 2.90 bits per heavy atom. The minimum atomic E-state index is -0.570. The molecular formula is C10H12N6O2S2. The summed E-state index contributed by atoms with van der Waals surface area (Å²) < 4.78 is 1.48. The Balaban J connectivity index is 2.03. The van der Waals surface area contributed by atoms with Crippen LogP contribution in [0, 0.1) is 0 Å². The zero-order valence-electron chi connectivity index (χ0n) is 10.7. The number of aromatic nitrogens is 4. The number of tetrazole rings is 1. The molecule has 0 fully saturated rings. The molecule has 0 bridgehead atoms. The number of primary amides is 1. The number of amides is 2. The van der Waals surface area contributed by atoms with Gasteiger partial charge in [0.2, 0.25) is 11.1 Å². The molecule has 0 spiro atoms. The van der Waals surface area contributed by atoms with Crippen LogP contribution in [-0.2, 0) is 11.8 Å². The van der Waals surface area contributed by atoms with Gasteiger partial charge in [-0.3, -0.25) is 9.59 Å². The van der Waals surface area contributed by atoms with Crippen LogP contribution in [0.2, 0.25) is 0 Å². The number of nitrogens with zero attached hydrogens (tertiary/aromatic N) is 4. The van der Waals surface area contributed by atoms with Crippen LogP contribution >= 0.6 is 23.1 Å². The van der Waals surface area contributed by atoms with E-state index in [2.05, 4.69) is 20.8 Å². The monoisotopic (exact) mass is 312 g/mol. The molecule has 10 heteroatoms. The summed E-state index contributed by atoms with van der Waals surface area (Å²) in [7, 11) is 1.69. The molecule has 3 N–H and O–H groups in total. The van der Waals surface area contributed by atoms with E-state index in [9.17, 15) is 9.59 Å². The Morgan fingerprint density at radius 2 is 2.30 bits per heavy atom. The van der Waals surface area contributed by atoms with E-state index in [1.165, 1.54) is 27.8 Å². The van der Waals surface area contributed by atoms with E-state index >= 15 is 0 Å². The summed E-state index contributed by atoms with van der Waals surface area (Å²) in [6.07, 6.45) is 0. The van der Waals surface area contributed by atoms with Crippen LogP contribution in [0.4, 0.5) is 5.00 Å². The van der Waals surface area contributed by atoms with Crippen LogP contribution in [0.15, 0.2) is 16.6 Å². The molecule has 0 aliphatic rings. The average Bonchev–Trinajstić information content (AvgIpc) is 2.99. The van der Waals surface area contributed by atoms with Crippen molar-refractivity contribution in [2.45, 2.75) is 17.3 Å². The highest BCUT2D eigenvalue weighted by atomic mass is 32.2. The van der Waals surface area contributed by atoms with Gasteiger partial charge in [0.15, 0.2) is 0 Å². The average molecular weight is 312 g/mol. The smallest absolute Gasteiger partial charge is 0.251 e. The van der Waals surface area contributed by atoms with Crippen LogP contribution in [0.5, 0.6) is 0 Å². The van der Waals surface area contributed by atoms with Gasteiger partial charge >= 0.3 is 0 Å². The topological polar surface area (TPSA) is 116 Å². The normalized spacial score (nSPS) is 12.1. The first-order valence-corrected chi connectivity index (χ1v) is 7.32. The third-order valence-electron chi connectivity index (χ3n) is 2.40. The maximum Gasteiger partial charge on any atom is 0.251 e. The molecule has 20 heavy (non-hydrogen) atoms. The lowest BCUT2D eigenvalue weighted by Crippen LogP contribution is -2.24. The lowest BCUT2D eigenvalue weighted by molar-refractivity contribution is -0.115. The predicted molar refractivity (Wildman–Crippen MR) is 75.6 cm³/mol. The number of hydrogen-bond donors (Lipinski definition) is 2. The number of thiophene rings is 1. The zero-order valence-corrected chi connectivity index (χ0v) is 12.4. The summed E-state index contributed by atoms with van der Waals surface area (Å²) in [6.45, 7) is 1.73. The molecule has 0 aromatic carbocycles. The molecular weight excluding hydrogens is 300 g/mol. The van der Waals surface area contributed by atoms with Gasteiger partial charge in [-0.05, 0) is 28.8 Å². The minimum absolute atomic E-state index is 0.247. The van der Waals surface area contributed by atoms with E-state index < -0.39 is 11.2 Å². The van der Waals surface area contributed by atoms with Crippen molar-refractivity contribution in [3.63, 3.8) is 0 Å². The second-order valence-electron chi connectivity index (χ2n) is 3.86. The fourth-order valence-electron chi connectivity index (χ4n) is 1.35. The fourth-order valence-corrected chi connectivity index (χ4v) is 2.90. The number of hydrogen-bond acceptors (Lipinski definition) is 7. The quantitative estimate of drug-likeness (QED) is 0.776. The summed E-state index contributed by atoms with van der Waals surface area (Å²) in [4.78, 5) is 23.2. The van der Waals surface area contributed by atoms with Gasteiger partial charge in [-0.15, -0.1) is 16.4 Å². The van der Waals surface area contributed by atoms with Crippen molar-refractivity contribution in [2.75, 3.05) is 5.32 Å². The van der Waals surface area contributed by atoms with Crippen molar-refractivity contribution in [3.8, 4) is 0 Å². The largest absolute Gasteiger partial charge is 0.366 e. The molecule has 106 valence electrons. The maximum atomic E-state index is 12.1. The highest BCUT2D eigenvalue weighted by Crippen LogP contribution is 2.25. The van der Waals surface area contributed by atoms with Crippen molar-refractivity contribution in [1.82, 2.24) is 20.2 Å². The maximum absolute atomic E-state index is 12.1. The molecule has 0 unspecified atom stereocenters. The van der Waals surface area contributed by atoms with Gasteiger partial charge in [-0.2, -0.15) is 0 Å². The minimum Gasteiger partial charge on any atom is -0.366 e. The van der Waals surface area contributed by atoms with Crippen molar-refractivity contribution in [2.24, 2.45) is 12.8 Å². The fraction of sp³-hybridized carbons (Fsp3) is 0.300. The van der Waals surface area contributed by atoms with E-state index in [1.807, 2.05) is 0 Å². The number of nitrogens with two attached hydrogens (primary N) is 1. The van der Waals surface area contributed by atoms with Crippen LogP contribution in [0.1, 0.15) is 17.3 Å². The first-order chi connectivity index (χ1) is 9.49. The lowest BCUT2D eigenvalue weighted by atomic mass is 10.3. The van der Waals surface area contributed by atoms with E-state index in [0.29, 0.717) is 15.7 Å². The molecule has 0 saturated heterocycles. The van der Waals surface area contributed by atoms with Crippen LogP contribution in [-0.4, -0.2) is 37.3 Å². The van der Waals surface area contributed by atoms with Crippen molar-refractivity contribution in [3.05, 3.63) is 17.0 Å². The summed E-state index contributed by atoms with van der Waals surface area (Å²) >= 11 is 2.47. The number of anilines is 1. The van der Waals surface area contributed by atoms with Crippen LogP contribution in [0.25, 0.3) is 0 Å². The van der Waals surface area contributed by atoms with Crippen molar-refractivity contribution < 1.29 is 9.59 Å². The Bertz CT molecular complexity index is 637. The van der Waals surface area contributed by atoms with Gasteiger partial charge in [0.25, 0.3) is 5.91 Å². The van der Waals surface area contributed by atoms with Crippen molar-refractivity contribution >= 4 is 39.9 Å². The van der Waals surface area contributed by atoms with Gasteiger partial charge in [0.1, 0.15) is 5.00 Å². The molecule has 0 aliphatic carbocycles. The second-order valence-corrected chi connectivity index (χ2v) is 6.09. The van der Waals surface area contributed by atoms with Gasteiger partial charge in [-0.1, -0.05) is 11.8 Å². The van der Waals surface area contributed by atoms with Gasteiger partial charge < -0.3 is 11.1 Å². The van der Waals surface area contributed by atoms with Gasteiger partial charge in [0, 0.05) is 7.05 Å². The summed E-state index contributed by atoms with van der Waals surface area (Å²) in [5.41, 5.74) is 5.53. The number of rotatable bonds is 5. The molecule has 2 heterocycles. The summed E-state index contributed by atoms with van der Waals surface area (Å²) in [5.74, 6) is -0.817. The molecule has 2 rings (SSSR count). The number of carbonyl (C=O) groups is 2. The molecule has 8 nitrogen and oxygen atoms in total. The highest BCUT2D eigenvalue weighted by molar-refractivity contribution is 8.00. The molecule has 0 aliphatic heterocycles. The second kappa shape index (κ2) is 6.01. The third-order valence-corrected chi connectivity index (χ3v) is 4.35. The zero-order chi connectivity index (χ0) is 14.7. The molecule has 0 radical (unpaired) electrons. The Labute approximate surface area is 122 Å². The molecule has 2 aromatic heterocycles. The SMILES string of the molecule is C[C@@H](Sc1nnnn1C)C(=O)Nc1sccc1C(N)=O. The number of aryl methyl sites for hydroxylation is 1. The number of thioether (sulfide) groups is 1. The van der Waals surface area contributed by atoms with E-state index in [-0.39, 0.29) is 5.91 Å². The molecule has 2 amide bonds. The molecule has 2 aromatic rings. The summed E-state index contributed by atoms with van der Waals surface area (Å²) in [5, 5.41) is 15.9. The Morgan fingerprint density at radius 1 is 1.55 bits per heavy atom. The number of nitrogens with one attached hydrogen (secondary N) is 1. The third kappa shape index (κ3) is 3.14. The first kappa shape index (κ1) is 14.5. The Hall–Kier alpha value is -1.94. The van der Waals surface area contributed by atoms with Gasteiger partial charge in [-0.25, -0.2) is 4.68 Å². The Kier molecular flexibility index (Phi) is 4.35. The standard InChI is InChI=1S/C10H12N6O2S2/c1-5(20-10-13-14-15-16(10)2)8(18)12-9-6(7(11)17)3-4-19-9/h3-5H,1-2H3,(H2,11,17)(H,12,18)/t5-/m1/s1. The van der Waals surface area contributed by atoms with E-state index in [4.69, 9.17) is 5.73 Å². The molecule has 1 atom stereocenters. The van der Waals surface area contributed by atoms with Crippen molar-refractivity contribution in [1.29, 1.82) is 0 Å². The predicted octanol–water partition coefficient (Wildman–Crippen LogP) is 0.490. The lowest BCUT2D eigenvalue weighted by Gasteiger charge is -2.10. The van der Waals surface area contributed by atoms with Gasteiger partial charge in [0.05, 0.1) is 10.8 Å². The first-order valence-electron chi connectivity index (χ1n) is 5.56. The number of carbonyl (C=O) groups excluding carboxylic acids is 2.